The zero-order valence-electron chi connectivity index (χ0n) is 24.6. The van der Waals surface area contributed by atoms with Crippen molar-refractivity contribution in [1.82, 2.24) is 20.9 Å². The number of likely N-dealkylation sites (N-methyl/N-ethyl adjacent to an activating group) is 1. The Bertz CT molecular complexity index is 1210. The Hall–Kier alpha value is -3.69. The first kappa shape index (κ1) is 31.3. The largest absolute Gasteiger partial charge is 0.492 e. The van der Waals surface area contributed by atoms with Gasteiger partial charge >= 0.3 is 0 Å². The molecule has 4 rings (SSSR count). The molecule has 3 amide bonds. The van der Waals surface area contributed by atoms with E-state index in [1.54, 1.807) is 7.05 Å². The molecule has 2 aromatic rings. The minimum absolute atomic E-state index is 0.119. The van der Waals surface area contributed by atoms with Crippen LogP contribution in [-0.4, -0.2) is 79.2 Å². The summed E-state index contributed by atoms with van der Waals surface area (Å²) >= 11 is 0. The van der Waals surface area contributed by atoms with E-state index in [1.807, 2.05) is 73.7 Å². The third-order valence-electron chi connectivity index (χ3n) is 8.42. The number of hydrogen-bond donors (Lipinski definition) is 4. The van der Waals surface area contributed by atoms with Gasteiger partial charge in [-0.25, -0.2) is 0 Å². The summed E-state index contributed by atoms with van der Waals surface area (Å²) in [5.74, 6) is -0.721. The zero-order chi connectivity index (χ0) is 29.9. The maximum absolute atomic E-state index is 13.9. The van der Waals surface area contributed by atoms with Crippen molar-refractivity contribution in [2.75, 3.05) is 33.4 Å². The minimum Gasteiger partial charge on any atom is -0.492 e. The van der Waals surface area contributed by atoms with Crippen LogP contribution in [0.1, 0.15) is 56.1 Å². The fourth-order valence-corrected chi connectivity index (χ4v) is 5.87. The summed E-state index contributed by atoms with van der Waals surface area (Å²) in [7, 11) is 1.55. The van der Waals surface area contributed by atoms with Crippen LogP contribution in [0.5, 0.6) is 5.75 Å². The molecule has 1 fully saturated rings. The topological polar surface area (TPSA) is 120 Å². The highest BCUT2D eigenvalue weighted by Gasteiger charge is 2.37. The lowest BCUT2D eigenvalue weighted by molar-refractivity contribution is -0.144. The van der Waals surface area contributed by atoms with Gasteiger partial charge in [0.05, 0.1) is 12.6 Å². The van der Waals surface area contributed by atoms with Gasteiger partial charge in [-0.2, -0.15) is 0 Å². The summed E-state index contributed by atoms with van der Waals surface area (Å²) < 4.78 is 6.08. The molecule has 4 atom stereocenters. The van der Waals surface area contributed by atoms with Crippen molar-refractivity contribution in [3.05, 3.63) is 71.8 Å². The molecule has 1 saturated carbocycles. The van der Waals surface area contributed by atoms with E-state index < -0.39 is 30.6 Å². The van der Waals surface area contributed by atoms with Gasteiger partial charge in [0.1, 0.15) is 24.4 Å². The second-order valence-electron chi connectivity index (χ2n) is 11.2. The Morgan fingerprint density at radius 2 is 1.69 bits per heavy atom. The van der Waals surface area contributed by atoms with Crippen LogP contribution in [0, 0.1) is 5.92 Å². The number of ether oxygens (including phenoxy) is 1. The fourth-order valence-electron chi connectivity index (χ4n) is 5.87. The number of carbonyl (C=O) groups is 3. The van der Waals surface area contributed by atoms with E-state index in [4.69, 9.17) is 4.74 Å². The van der Waals surface area contributed by atoms with Crippen molar-refractivity contribution < 1.29 is 24.2 Å². The summed E-state index contributed by atoms with van der Waals surface area (Å²) in [6, 6.07) is 14.6. The Balaban J connectivity index is 1.65. The van der Waals surface area contributed by atoms with E-state index >= 15 is 0 Å². The Labute approximate surface area is 248 Å². The van der Waals surface area contributed by atoms with E-state index in [9.17, 15) is 19.5 Å². The van der Waals surface area contributed by atoms with Gasteiger partial charge in [0.2, 0.25) is 17.7 Å². The van der Waals surface area contributed by atoms with Crippen molar-refractivity contribution in [1.29, 1.82) is 0 Å². The molecule has 1 unspecified atom stereocenters. The molecular weight excluding hydrogens is 532 g/mol. The average molecular weight is 577 g/mol. The van der Waals surface area contributed by atoms with Gasteiger partial charge in [0.15, 0.2) is 0 Å². The molecule has 0 bridgehead atoms. The van der Waals surface area contributed by atoms with Crippen LogP contribution in [0.4, 0.5) is 0 Å². The van der Waals surface area contributed by atoms with Gasteiger partial charge in [-0.3, -0.25) is 14.4 Å². The van der Waals surface area contributed by atoms with Gasteiger partial charge in [0, 0.05) is 31.6 Å². The Morgan fingerprint density at radius 3 is 2.43 bits per heavy atom. The van der Waals surface area contributed by atoms with E-state index in [0.717, 1.165) is 43.2 Å². The van der Waals surface area contributed by atoms with Crippen LogP contribution in [0.15, 0.2) is 60.7 Å². The van der Waals surface area contributed by atoms with E-state index in [0.29, 0.717) is 18.9 Å². The summed E-state index contributed by atoms with van der Waals surface area (Å²) in [5.41, 5.74) is 1.76. The second kappa shape index (κ2) is 15.5. The van der Waals surface area contributed by atoms with Crippen molar-refractivity contribution >= 4 is 23.8 Å². The lowest BCUT2D eigenvalue weighted by atomic mass is 9.83. The third-order valence-corrected chi connectivity index (χ3v) is 8.42. The monoisotopic (exact) mass is 576 g/mol. The van der Waals surface area contributed by atoms with E-state index in [2.05, 4.69) is 16.0 Å². The van der Waals surface area contributed by atoms with Crippen molar-refractivity contribution in [3.8, 4) is 5.75 Å². The molecule has 0 aromatic heterocycles. The van der Waals surface area contributed by atoms with E-state index in [-0.39, 0.29) is 30.2 Å². The molecule has 1 aliphatic carbocycles. The standard InChI is InChI=1S/C33H44N4O5/c1-23(24-12-5-3-6-13-24)29-32(40)35-19-11-17-25-14-9-10-18-28(25)42-21-20-34-30(26-15-7-4-8-16-26)33(41)37(2)27(22-38)31(39)36-29/h3,5-6,9-14,17-18,23,26-27,29-30,34,38H,4,7-8,15-16,19-22H2,1-2H3,(H,35,40)(H,36,39)/b17-11+/t23?,27-,29+,30-/m0/s1. The second-order valence-corrected chi connectivity index (χ2v) is 11.2. The van der Waals surface area contributed by atoms with Gasteiger partial charge in [-0.15, -0.1) is 0 Å². The SMILES string of the molecule is CC(c1ccccc1)[C@H]1NC(=O)[C@H](CO)N(C)C(=O)[C@H](C2CCCCC2)NCCOc2ccccc2/C=C/CNC1=O. The molecule has 2 aromatic carbocycles. The number of fused-ring (bicyclic) bond motifs is 1. The number of nitrogens with zero attached hydrogens (tertiary/aromatic N) is 1. The van der Waals surface area contributed by atoms with Gasteiger partial charge in [-0.1, -0.05) is 86.9 Å². The number of carbonyl (C=O) groups excluding carboxylic acids is 3. The van der Waals surface area contributed by atoms with Crippen molar-refractivity contribution in [3.63, 3.8) is 0 Å². The molecule has 0 radical (unpaired) electrons. The van der Waals surface area contributed by atoms with Crippen LogP contribution in [-0.2, 0) is 14.4 Å². The predicted molar refractivity (Wildman–Crippen MR) is 163 cm³/mol. The first-order chi connectivity index (χ1) is 20.4. The molecule has 9 heteroatoms. The Morgan fingerprint density at radius 1 is 0.976 bits per heavy atom. The lowest BCUT2D eigenvalue weighted by Crippen LogP contribution is -2.60. The van der Waals surface area contributed by atoms with Crippen LogP contribution in [0.3, 0.4) is 0 Å². The molecule has 1 aliphatic heterocycles. The van der Waals surface area contributed by atoms with Crippen molar-refractivity contribution in [2.24, 2.45) is 5.92 Å². The third kappa shape index (κ3) is 7.98. The zero-order valence-corrected chi connectivity index (χ0v) is 24.6. The molecule has 42 heavy (non-hydrogen) atoms. The van der Waals surface area contributed by atoms with Crippen LogP contribution >= 0.6 is 0 Å². The molecule has 1 heterocycles. The van der Waals surface area contributed by atoms with Crippen molar-refractivity contribution in [2.45, 2.75) is 63.1 Å². The van der Waals surface area contributed by atoms with Gasteiger partial charge in [-0.05, 0) is 30.4 Å². The van der Waals surface area contributed by atoms with Gasteiger partial charge < -0.3 is 30.7 Å². The summed E-state index contributed by atoms with van der Waals surface area (Å²) in [6.07, 6.45) is 8.81. The predicted octanol–water partition coefficient (Wildman–Crippen LogP) is 2.85. The number of amides is 3. The van der Waals surface area contributed by atoms with Crippen LogP contribution < -0.4 is 20.7 Å². The lowest BCUT2D eigenvalue weighted by Gasteiger charge is -2.36. The molecule has 9 nitrogen and oxygen atoms in total. The molecule has 2 aliphatic rings. The number of para-hydroxylation sites is 1. The molecule has 0 saturated heterocycles. The van der Waals surface area contributed by atoms with Crippen LogP contribution in [0.25, 0.3) is 6.08 Å². The first-order valence-corrected chi connectivity index (χ1v) is 15.0. The number of aliphatic hydroxyl groups excluding tert-OH is 1. The fraction of sp³-hybridized carbons (Fsp3) is 0.485. The van der Waals surface area contributed by atoms with Crippen LogP contribution in [0.2, 0.25) is 0 Å². The molecular formula is C33H44N4O5. The smallest absolute Gasteiger partial charge is 0.245 e. The maximum Gasteiger partial charge on any atom is 0.245 e. The maximum atomic E-state index is 13.9. The molecule has 4 N–H and O–H groups in total. The molecule has 0 spiro atoms. The minimum atomic E-state index is -1.15. The van der Waals surface area contributed by atoms with Gasteiger partial charge in [0.25, 0.3) is 0 Å². The normalized spacial score (nSPS) is 25.2. The highest BCUT2D eigenvalue weighted by molar-refractivity contribution is 5.93. The number of nitrogens with one attached hydrogen (secondary N) is 3. The Kier molecular flexibility index (Phi) is 11.5. The molecule has 226 valence electrons. The highest BCUT2D eigenvalue weighted by Crippen LogP contribution is 2.28. The number of aliphatic hydroxyl groups is 1. The average Bonchev–Trinajstić information content (AvgIpc) is 3.02. The summed E-state index contributed by atoms with van der Waals surface area (Å²) in [5, 5.41) is 19.5. The summed E-state index contributed by atoms with van der Waals surface area (Å²) in [4.78, 5) is 42.3. The first-order valence-electron chi connectivity index (χ1n) is 15.0. The quantitative estimate of drug-likeness (QED) is 0.445. The summed E-state index contributed by atoms with van der Waals surface area (Å²) in [6.45, 7) is 2.35. The van der Waals surface area contributed by atoms with E-state index in [1.165, 1.54) is 4.90 Å². The highest BCUT2D eigenvalue weighted by atomic mass is 16.5. The number of rotatable bonds is 4. The number of hydrogen-bond acceptors (Lipinski definition) is 6. The number of benzene rings is 2.